The van der Waals surface area contributed by atoms with Crippen molar-refractivity contribution in [1.29, 1.82) is 0 Å². The summed E-state index contributed by atoms with van der Waals surface area (Å²) in [5, 5.41) is 0.843. The maximum atomic E-state index is 13.6. The van der Waals surface area contributed by atoms with Crippen LogP contribution in [0.2, 0.25) is 0 Å². The summed E-state index contributed by atoms with van der Waals surface area (Å²) in [7, 11) is 0. The topological polar surface area (TPSA) is 20.3 Å². The van der Waals surface area contributed by atoms with Crippen molar-refractivity contribution in [2.24, 2.45) is 0 Å². The second-order valence-corrected chi connectivity index (χ2v) is 5.90. The monoisotopic (exact) mass is 345 g/mol. The van der Waals surface area contributed by atoms with Crippen LogP contribution in [0.15, 0.2) is 18.2 Å². The molecular formula is C15H18BrF2NO. The van der Waals surface area contributed by atoms with Gasteiger partial charge in [-0.3, -0.25) is 4.79 Å². The largest absolute Gasteiger partial charge is 0.339 e. The number of piperidine rings is 1. The first-order valence-electron chi connectivity index (χ1n) is 6.92. The third kappa shape index (κ3) is 3.57. The minimum Gasteiger partial charge on any atom is -0.339 e. The highest BCUT2D eigenvalue weighted by Gasteiger charge is 2.26. The third-order valence-corrected chi connectivity index (χ3v) is 4.22. The van der Waals surface area contributed by atoms with Crippen LogP contribution in [0.5, 0.6) is 0 Å². The van der Waals surface area contributed by atoms with Crippen LogP contribution in [0.25, 0.3) is 0 Å². The summed E-state index contributed by atoms with van der Waals surface area (Å²) < 4.78 is 26.8. The molecule has 0 radical (unpaired) electrons. The van der Waals surface area contributed by atoms with Crippen molar-refractivity contribution in [3.05, 3.63) is 35.4 Å². The predicted octanol–water partition coefficient (Wildman–Crippen LogP) is 3.67. The molecule has 0 spiro atoms. The molecule has 1 aliphatic rings. The van der Waals surface area contributed by atoms with E-state index < -0.39 is 11.6 Å². The molecule has 1 amide bonds. The van der Waals surface area contributed by atoms with Gasteiger partial charge in [-0.05, 0) is 31.7 Å². The van der Waals surface area contributed by atoms with Gasteiger partial charge >= 0.3 is 0 Å². The number of hydrogen-bond donors (Lipinski definition) is 0. The lowest BCUT2D eigenvalue weighted by atomic mass is 9.99. The number of benzene rings is 1. The summed E-state index contributed by atoms with van der Waals surface area (Å²) in [5.41, 5.74) is 0.137. The Morgan fingerprint density at radius 2 is 2.15 bits per heavy atom. The summed E-state index contributed by atoms with van der Waals surface area (Å²) in [6, 6.07) is 4.19. The first-order valence-corrected chi connectivity index (χ1v) is 8.04. The van der Waals surface area contributed by atoms with E-state index in [9.17, 15) is 13.6 Å². The molecule has 1 unspecified atom stereocenters. The van der Waals surface area contributed by atoms with Gasteiger partial charge in [-0.2, -0.15) is 0 Å². The summed E-state index contributed by atoms with van der Waals surface area (Å²) in [6.07, 6.45) is 3.93. The van der Waals surface area contributed by atoms with Gasteiger partial charge in [0.25, 0.3) is 0 Å². The number of amides is 1. The number of alkyl halides is 1. The minimum absolute atomic E-state index is 0.0671. The minimum atomic E-state index is -0.907. The first-order chi connectivity index (χ1) is 9.63. The van der Waals surface area contributed by atoms with E-state index in [1.165, 1.54) is 12.1 Å². The molecule has 2 nitrogen and oxygen atoms in total. The molecule has 1 aromatic carbocycles. The molecule has 0 aromatic heterocycles. The van der Waals surface area contributed by atoms with Crippen LogP contribution in [0.4, 0.5) is 8.78 Å². The lowest BCUT2D eigenvalue weighted by molar-refractivity contribution is -0.134. The number of rotatable bonds is 4. The van der Waals surface area contributed by atoms with E-state index in [0.29, 0.717) is 6.54 Å². The molecule has 0 N–H and O–H groups in total. The summed E-state index contributed by atoms with van der Waals surface area (Å²) in [6.45, 7) is 0.716. The van der Waals surface area contributed by atoms with Crippen molar-refractivity contribution in [2.75, 3.05) is 11.9 Å². The van der Waals surface area contributed by atoms with Crippen LogP contribution in [-0.4, -0.2) is 28.7 Å². The Hall–Kier alpha value is -0.970. The van der Waals surface area contributed by atoms with Gasteiger partial charge in [0.15, 0.2) is 11.6 Å². The fourth-order valence-corrected chi connectivity index (χ4v) is 3.23. The standard InChI is InChI=1S/C15H18BrF2NO/c16-8-7-12-5-1-2-9-19(12)14(20)10-11-4-3-6-13(17)15(11)18/h3-4,6,12H,1-2,5,7-10H2. The number of carbonyl (C=O) groups is 1. The van der Waals surface area contributed by atoms with Gasteiger partial charge in [0.1, 0.15) is 0 Å². The number of halogens is 3. The number of carbonyl (C=O) groups excluding carboxylic acids is 1. The Morgan fingerprint density at radius 3 is 2.90 bits per heavy atom. The zero-order valence-corrected chi connectivity index (χ0v) is 12.8. The molecule has 0 bridgehead atoms. The number of hydrogen-bond acceptors (Lipinski definition) is 1. The van der Waals surface area contributed by atoms with Crippen molar-refractivity contribution in [3.63, 3.8) is 0 Å². The van der Waals surface area contributed by atoms with Crippen LogP contribution < -0.4 is 0 Å². The van der Waals surface area contributed by atoms with Crippen molar-refractivity contribution in [1.82, 2.24) is 4.90 Å². The lowest BCUT2D eigenvalue weighted by Gasteiger charge is -2.35. The summed E-state index contributed by atoms with van der Waals surface area (Å²) >= 11 is 3.40. The molecule has 20 heavy (non-hydrogen) atoms. The average molecular weight is 346 g/mol. The fraction of sp³-hybridized carbons (Fsp3) is 0.533. The van der Waals surface area contributed by atoms with Crippen LogP contribution in [0.1, 0.15) is 31.2 Å². The Morgan fingerprint density at radius 1 is 1.35 bits per heavy atom. The Labute approximate surface area is 126 Å². The summed E-state index contributed by atoms with van der Waals surface area (Å²) in [5.74, 6) is -1.92. The Balaban J connectivity index is 2.08. The van der Waals surface area contributed by atoms with Crippen molar-refractivity contribution in [3.8, 4) is 0 Å². The first kappa shape index (κ1) is 15.4. The number of likely N-dealkylation sites (tertiary alicyclic amines) is 1. The zero-order chi connectivity index (χ0) is 14.5. The number of nitrogens with zero attached hydrogens (tertiary/aromatic N) is 1. The van der Waals surface area contributed by atoms with Crippen molar-refractivity contribution in [2.45, 2.75) is 38.1 Å². The van der Waals surface area contributed by atoms with Gasteiger partial charge in [0.05, 0.1) is 6.42 Å². The van der Waals surface area contributed by atoms with Crippen LogP contribution >= 0.6 is 15.9 Å². The molecule has 1 heterocycles. The molecule has 1 atom stereocenters. The Bertz CT molecular complexity index is 479. The van der Waals surface area contributed by atoms with Gasteiger partial charge in [-0.1, -0.05) is 28.1 Å². The molecule has 1 aromatic rings. The van der Waals surface area contributed by atoms with Gasteiger partial charge < -0.3 is 4.90 Å². The zero-order valence-electron chi connectivity index (χ0n) is 11.2. The van der Waals surface area contributed by atoms with Gasteiger partial charge in [-0.25, -0.2) is 8.78 Å². The van der Waals surface area contributed by atoms with Crippen LogP contribution in [-0.2, 0) is 11.2 Å². The highest BCUT2D eigenvalue weighted by molar-refractivity contribution is 9.09. The average Bonchev–Trinajstić information content (AvgIpc) is 2.45. The van der Waals surface area contributed by atoms with E-state index in [0.717, 1.165) is 37.1 Å². The molecule has 0 aliphatic carbocycles. The van der Waals surface area contributed by atoms with Crippen LogP contribution in [0, 0.1) is 11.6 Å². The lowest BCUT2D eigenvalue weighted by Crippen LogP contribution is -2.44. The SMILES string of the molecule is O=C(Cc1cccc(F)c1F)N1CCCCC1CCBr. The Kier molecular flexibility index (Phi) is 5.52. The molecule has 0 saturated carbocycles. The van der Waals surface area contributed by atoms with Gasteiger partial charge in [0, 0.05) is 23.5 Å². The van der Waals surface area contributed by atoms with E-state index in [-0.39, 0.29) is 23.9 Å². The van der Waals surface area contributed by atoms with Gasteiger partial charge in [0.2, 0.25) is 5.91 Å². The second kappa shape index (κ2) is 7.16. The molecule has 2 rings (SSSR count). The maximum absolute atomic E-state index is 13.6. The second-order valence-electron chi connectivity index (χ2n) is 5.10. The van der Waals surface area contributed by atoms with Crippen molar-refractivity contribution < 1.29 is 13.6 Å². The molecule has 1 saturated heterocycles. The molecule has 110 valence electrons. The molecule has 1 aliphatic heterocycles. The van der Waals surface area contributed by atoms with E-state index in [2.05, 4.69) is 15.9 Å². The van der Waals surface area contributed by atoms with E-state index in [1.807, 2.05) is 4.90 Å². The maximum Gasteiger partial charge on any atom is 0.227 e. The third-order valence-electron chi connectivity index (χ3n) is 3.76. The smallest absolute Gasteiger partial charge is 0.227 e. The fourth-order valence-electron chi connectivity index (χ4n) is 2.70. The van der Waals surface area contributed by atoms with E-state index in [1.54, 1.807) is 0 Å². The molecular weight excluding hydrogens is 328 g/mol. The highest BCUT2D eigenvalue weighted by atomic mass is 79.9. The molecule has 1 fully saturated rings. The molecule has 5 heteroatoms. The van der Waals surface area contributed by atoms with E-state index >= 15 is 0 Å². The van der Waals surface area contributed by atoms with E-state index in [4.69, 9.17) is 0 Å². The van der Waals surface area contributed by atoms with Crippen molar-refractivity contribution >= 4 is 21.8 Å². The normalized spacial score (nSPS) is 19.1. The van der Waals surface area contributed by atoms with Crippen LogP contribution in [0.3, 0.4) is 0 Å². The quantitative estimate of drug-likeness (QED) is 0.762. The predicted molar refractivity (Wildman–Crippen MR) is 77.8 cm³/mol. The van der Waals surface area contributed by atoms with Gasteiger partial charge in [-0.15, -0.1) is 0 Å². The summed E-state index contributed by atoms with van der Waals surface area (Å²) in [4.78, 5) is 14.2. The highest BCUT2D eigenvalue weighted by Crippen LogP contribution is 2.22.